The van der Waals surface area contributed by atoms with Crippen LogP contribution in [0.15, 0.2) is 4.52 Å². The van der Waals surface area contributed by atoms with Gasteiger partial charge in [0.2, 0.25) is 0 Å². The number of hydrogen-bond acceptors (Lipinski definition) is 7. The summed E-state index contributed by atoms with van der Waals surface area (Å²) in [5.41, 5.74) is -0.297. The van der Waals surface area contributed by atoms with Gasteiger partial charge in [0, 0.05) is 44.1 Å². The second-order valence-electron chi connectivity index (χ2n) is 8.40. The van der Waals surface area contributed by atoms with Crippen LogP contribution in [0.1, 0.15) is 51.3 Å². The highest BCUT2D eigenvalue weighted by atomic mass is 16.6. The first-order chi connectivity index (χ1) is 12.5. The number of piperidine rings is 2. The van der Waals surface area contributed by atoms with Crippen LogP contribution in [-0.4, -0.2) is 64.0 Å². The van der Waals surface area contributed by atoms with Crippen LogP contribution in [0, 0.1) is 6.92 Å². The lowest BCUT2D eigenvalue weighted by molar-refractivity contribution is -0.0290. The summed E-state index contributed by atoms with van der Waals surface area (Å²) >= 11 is 0. The number of fused-ring (bicyclic) bond motifs is 2. The number of amides is 1. The lowest BCUT2D eigenvalue weighted by atomic mass is 9.84. The van der Waals surface area contributed by atoms with Crippen molar-refractivity contribution in [3.8, 4) is 0 Å². The molecule has 4 aliphatic rings. The van der Waals surface area contributed by atoms with Crippen molar-refractivity contribution in [2.24, 2.45) is 0 Å². The fraction of sp³-hybridized carbons (Fsp3) is 0.833. The van der Waals surface area contributed by atoms with Gasteiger partial charge in [0.25, 0.3) is 0 Å². The highest BCUT2D eigenvalue weighted by molar-refractivity contribution is 5.71. The third kappa shape index (κ3) is 2.49. The van der Waals surface area contributed by atoms with E-state index in [9.17, 15) is 4.79 Å². The number of carbonyl (C=O) groups excluding carboxylic acids is 1. The number of aromatic nitrogens is 2. The van der Waals surface area contributed by atoms with Crippen molar-refractivity contribution in [2.75, 3.05) is 18.0 Å². The number of hydrogen-bond donors (Lipinski definition) is 1. The first-order valence-electron chi connectivity index (χ1n) is 9.86. The van der Waals surface area contributed by atoms with Gasteiger partial charge in [0.15, 0.2) is 5.82 Å². The highest BCUT2D eigenvalue weighted by Crippen LogP contribution is 2.42. The molecule has 2 bridgehead atoms. The molecule has 4 saturated heterocycles. The lowest BCUT2D eigenvalue weighted by Gasteiger charge is -2.47. The molecule has 4 fully saturated rings. The van der Waals surface area contributed by atoms with Crippen LogP contribution >= 0.6 is 0 Å². The minimum absolute atomic E-state index is 0.107. The molecule has 3 atom stereocenters. The summed E-state index contributed by atoms with van der Waals surface area (Å²) in [6.45, 7) is 5.94. The van der Waals surface area contributed by atoms with Crippen molar-refractivity contribution in [1.82, 2.24) is 20.4 Å². The molecule has 1 N–H and O–H groups in total. The molecular formula is C18H27N5O3. The Kier molecular flexibility index (Phi) is 3.67. The summed E-state index contributed by atoms with van der Waals surface area (Å²) in [6, 6.07) is 2.41. The van der Waals surface area contributed by atoms with Crippen LogP contribution in [0.2, 0.25) is 0 Å². The average molecular weight is 361 g/mol. The van der Waals surface area contributed by atoms with E-state index < -0.39 is 0 Å². The van der Waals surface area contributed by atoms with Crippen molar-refractivity contribution < 1.29 is 14.1 Å². The van der Waals surface area contributed by atoms with E-state index in [-0.39, 0.29) is 17.7 Å². The van der Waals surface area contributed by atoms with Crippen molar-refractivity contribution in [3.05, 3.63) is 5.82 Å². The van der Waals surface area contributed by atoms with Gasteiger partial charge in [-0.05, 0) is 39.5 Å². The predicted octanol–water partition coefficient (Wildman–Crippen LogP) is 1.84. The van der Waals surface area contributed by atoms with E-state index >= 15 is 0 Å². The summed E-state index contributed by atoms with van der Waals surface area (Å²) < 4.78 is 11.1. The Morgan fingerprint density at radius 2 is 1.85 bits per heavy atom. The number of carbonyl (C=O) groups is 1. The molecule has 1 aromatic heterocycles. The van der Waals surface area contributed by atoms with E-state index in [0.29, 0.717) is 30.0 Å². The Hall–Kier alpha value is -1.83. The third-order valence-corrected chi connectivity index (χ3v) is 7.03. The Morgan fingerprint density at radius 1 is 1.15 bits per heavy atom. The summed E-state index contributed by atoms with van der Waals surface area (Å²) in [6.07, 6.45) is 6.30. The topological polar surface area (TPSA) is 83.7 Å². The molecule has 5 rings (SSSR count). The molecule has 1 aromatic rings. The number of nitrogens with one attached hydrogen (secondary N) is 1. The minimum Gasteiger partial charge on any atom is -0.441 e. The lowest BCUT2D eigenvalue weighted by Crippen LogP contribution is -2.56. The van der Waals surface area contributed by atoms with E-state index in [2.05, 4.69) is 32.2 Å². The number of alkyl carbamates (subject to hydrolysis) is 1. The maximum atomic E-state index is 11.6. The van der Waals surface area contributed by atoms with Gasteiger partial charge in [-0.25, -0.2) is 4.79 Å². The van der Waals surface area contributed by atoms with E-state index in [1.54, 1.807) is 0 Å². The van der Waals surface area contributed by atoms with Gasteiger partial charge in [-0.1, -0.05) is 5.16 Å². The highest BCUT2D eigenvalue weighted by Gasteiger charge is 2.50. The molecule has 8 nitrogen and oxygen atoms in total. The number of likely N-dealkylation sites (tertiary alicyclic amines) is 1. The van der Waals surface area contributed by atoms with Crippen molar-refractivity contribution in [2.45, 2.75) is 82.1 Å². The van der Waals surface area contributed by atoms with Crippen molar-refractivity contribution in [1.29, 1.82) is 0 Å². The fourth-order valence-corrected chi connectivity index (χ4v) is 5.56. The number of nitrogens with zero attached hydrogens (tertiary/aromatic N) is 4. The molecule has 142 valence electrons. The summed E-state index contributed by atoms with van der Waals surface area (Å²) in [5.74, 6) is 0.705. The Labute approximate surface area is 153 Å². The summed E-state index contributed by atoms with van der Waals surface area (Å²) in [4.78, 5) is 21.0. The Balaban J connectivity index is 1.24. The fourth-order valence-electron chi connectivity index (χ4n) is 5.56. The zero-order valence-corrected chi connectivity index (χ0v) is 15.5. The molecule has 4 aliphatic heterocycles. The standard InChI is InChI=1S/C18H27N5O3/c1-11-18(25-17(24)19-11)5-7-22(8-6-18)15-9-13-3-4-14(10-15)23(13)16-20-12(2)21-26-16/h11,13-15H,3-10H2,1-2H3,(H,19,24). The molecule has 8 heteroatoms. The number of anilines is 1. The van der Waals surface area contributed by atoms with Crippen molar-refractivity contribution >= 4 is 12.1 Å². The van der Waals surface area contributed by atoms with Crippen LogP contribution in [-0.2, 0) is 4.74 Å². The van der Waals surface area contributed by atoms with Crippen molar-refractivity contribution in [3.63, 3.8) is 0 Å². The molecule has 0 aliphatic carbocycles. The van der Waals surface area contributed by atoms with E-state index in [0.717, 1.165) is 38.8 Å². The number of ether oxygens (including phenoxy) is 1. The van der Waals surface area contributed by atoms with E-state index in [1.807, 2.05) is 6.92 Å². The normalized spacial score (nSPS) is 36.4. The van der Waals surface area contributed by atoms with E-state index in [1.165, 1.54) is 12.8 Å². The van der Waals surface area contributed by atoms with Crippen LogP contribution in [0.25, 0.3) is 0 Å². The zero-order chi connectivity index (χ0) is 17.9. The monoisotopic (exact) mass is 361 g/mol. The van der Waals surface area contributed by atoms with Crippen LogP contribution in [0.5, 0.6) is 0 Å². The molecule has 3 unspecified atom stereocenters. The third-order valence-electron chi connectivity index (χ3n) is 7.03. The molecule has 0 saturated carbocycles. The van der Waals surface area contributed by atoms with Gasteiger partial charge in [-0.15, -0.1) is 0 Å². The second-order valence-corrected chi connectivity index (χ2v) is 8.40. The van der Waals surface area contributed by atoms with Gasteiger partial charge in [0.1, 0.15) is 5.60 Å². The Bertz CT molecular complexity index is 685. The summed E-state index contributed by atoms with van der Waals surface area (Å²) in [7, 11) is 0. The van der Waals surface area contributed by atoms with Gasteiger partial charge in [-0.2, -0.15) is 4.98 Å². The Morgan fingerprint density at radius 3 is 2.38 bits per heavy atom. The van der Waals surface area contributed by atoms with Crippen LogP contribution in [0.4, 0.5) is 10.8 Å². The molecular weight excluding hydrogens is 334 g/mol. The molecule has 1 spiro atoms. The maximum Gasteiger partial charge on any atom is 0.408 e. The quantitative estimate of drug-likeness (QED) is 0.860. The van der Waals surface area contributed by atoms with Crippen LogP contribution < -0.4 is 10.2 Å². The molecule has 5 heterocycles. The second kappa shape index (κ2) is 5.84. The molecule has 26 heavy (non-hydrogen) atoms. The molecule has 0 aromatic carbocycles. The van der Waals surface area contributed by atoms with Gasteiger partial charge in [-0.3, -0.25) is 4.90 Å². The summed E-state index contributed by atoms with van der Waals surface area (Å²) in [5, 5.41) is 6.88. The number of rotatable bonds is 2. The molecule has 1 amide bonds. The SMILES string of the molecule is Cc1noc(N2C3CCC2CC(N2CCC4(CC2)OC(=O)NC4C)C3)n1. The average Bonchev–Trinajstić information content (AvgIpc) is 3.23. The van der Waals surface area contributed by atoms with Gasteiger partial charge >= 0.3 is 12.1 Å². The largest absolute Gasteiger partial charge is 0.441 e. The van der Waals surface area contributed by atoms with E-state index in [4.69, 9.17) is 9.26 Å². The minimum atomic E-state index is -0.297. The maximum absolute atomic E-state index is 11.6. The number of aryl methyl sites for hydroxylation is 1. The van der Waals surface area contributed by atoms with Crippen LogP contribution in [0.3, 0.4) is 0 Å². The zero-order valence-electron chi connectivity index (χ0n) is 15.5. The predicted molar refractivity (Wildman–Crippen MR) is 94.0 cm³/mol. The smallest absolute Gasteiger partial charge is 0.408 e. The van der Waals surface area contributed by atoms with Gasteiger partial charge < -0.3 is 19.5 Å². The first kappa shape index (κ1) is 16.4. The first-order valence-corrected chi connectivity index (χ1v) is 9.86. The molecule has 0 radical (unpaired) electrons. The van der Waals surface area contributed by atoms with Gasteiger partial charge in [0.05, 0.1) is 6.04 Å².